The standard InChI is InChI=1S/C18H18BrNO4/c1-10-7-11(2)17(14(19)8-10)24-9-16(21)20-15-6-4-5-13(12(15)3)18(22)23/h4-8H,9H2,1-3H3,(H,20,21)(H,22,23). The molecule has 0 aliphatic heterocycles. The lowest BCUT2D eigenvalue weighted by molar-refractivity contribution is -0.118. The highest BCUT2D eigenvalue weighted by Gasteiger charge is 2.13. The molecule has 1 amide bonds. The smallest absolute Gasteiger partial charge is 0.336 e. The minimum atomic E-state index is -1.03. The summed E-state index contributed by atoms with van der Waals surface area (Å²) in [5.74, 6) is -0.765. The number of rotatable bonds is 5. The predicted octanol–water partition coefficient (Wildman–Crippen LogP) is 4.09. The molecule has 24 heavy (non-hydrogen) atoms. The molecular weight excluding hydrogens is 374 g/mol. The van der Waals surface area contributed by atoms with Crippen LogP contribution in [-0.2, 0) is 4.79 Å². The number of hydrogen-bond acceptors (Lipinski definition) is 3. The monoisotopic (exact) mass is 391 g/mol. The van der Waals surface area contributed by atoms with Gasteiger partial charge in [-0.2, -0.15) is 0 Å². The third kappa shape index (κ3) is 4.14. The van der Waals surface area contributed by atoms with E-state index < -0.39 is 5.97 Å². The number of halogens is 1. The van der Waals surface area contributed by atoms with Crippen molar-refractivity contribution in [2.24, 2.45) is 0 Å². The van der Waals surface area contributed by atoms with Crippen LogP contribution in [0.2, 0.25) is 0 Å². The molecule has 0 bridgehead atoms. The molecule has 2 rings (SSSR count). The van der Waals surface area contributed by atoms with Crippen LogP contribution in [0, 0.1) is 20.8 Å². The SMILES string of the molecule is Cc1cc(C)c(OCC(=O)Nc2cccc(C(=O)O)c2C)c(Br)c1. The Balaban J connectivity index is 2.08. The Bertz CT molecular complexity index is 779. The molecule has 0 fully saturated rings. The number of carboxylic acids is 1. The molecule has 126 valence electrons. The third-order valence-corrected chi connectivity index (χ3v) is 4.15. The zero-order chi connectivity index (χ0) is 17.9. The number of anilines is 1. The summed E-state index contributed by atoms with van der Waals surface area (Å²) in [4.78, 5) is 23.2. The van der Waals surface area contributed by atoms with E-state index in [1.807, 2.05) is 26.0 Å². The summed E-state index contributed by atoms with van der Waals surface area (Å²) < 4.78 is 6.39. The normalized spacial score (nSPS) is 10.3. The van der Waals surface area contributed by atoms with Crippen molar-refractivity contribution >= 4 is 33.5 Å². The molecule has 0 spiro atoms. The van der Waals surface area contributed by atoms with Gasteiger partial charge in [-0.3, -0.25) is 4.79 Å². The molecule has 0 heterocycles. The van der Waals surface area contributed by atoms with E-state index in [1.165, 1.54) is 6.07 Å². The van der Waals surface area contributed by atoms with Gasteiger partial charge in [-0.25, -0.2) is 4.79 Å². The van der Waals surface area contributed by atoms with Crippen LogP contribution in [0.25, 0.3) is 0 Å². The lowest BCUT2D eigenvalue weighted by Crippen LogP contribution is -2.21. The maximum absolute atomic E-state index is 12.1. The number of benzene rings is 2. The minimum Gasteiger partial charge on any atom is -0.482 e. The van der Waals surface area contributed by atoms with Gasteiger partial charge in [0, 0.05) is 5.69 Å². The van der Waals surface area contributed by atoms with Crippen LogP contribution in [0.3, 0.4) is 0 Å². The van der Waals surface area contributed by atoms with E-state index in [0.29, 0.717) is 17.0 Å². The maximum atomic E-state index is 12.1. The second-order valence-corrected chi connectivity index (χ2v) is 6.37. The van der Waals surface area contributed by atoms with Gasteiger partial charge in [0.2, 0.25) is 0 Å². The summed E-state index contributed by atoms with van der Waals surface area (Å²) in [5.41, 5.74) is 3.15. The molecule has 0 radical (unpaired) electrons. The molecule has 0 saturated carbocycles. The van der Waals surface area contributed by atoms with Crippen LogP contribution in [0.15, 0.2) is 34.8 Å². The lowest BCUT2D eigenvalue weighted by atomic mass is 10.1. The Kier molecular flexibility index (Phi) is 5.62. The van der Waals surface area contributed by atoms with Crippen molar-refractivity contribution in [2.45, 2.75) is 20.8 Å². The molecule has 0 aliphatic rings. The number of carbonyl (C=O) groups is 2. The van der Waals surface area contributed by atoms with E-state index in [9.17, 15) is 9.59 Å². The molecule has 2 N–H and O–H groups in total. The van der Waals surface area contributed by atoms with Crippen molar-refractivity contribution in [3.8, 4) is 5.75 Å². The summed E-state index contributed by atoms with van der Waals surface area (Å²) in [6.07, 6.45) is 0. The maximum Gasteiger partial charge on any atom is 0.336 e. The first-order chi connectivity index (χ1) is 11.3. The van der Waals surface area contributed by atoms with Crippen LogP contribution in [-0.4, -0.2) is 23.6 Å². The van der Waals surface area contributed by atoms with Crippen LogP contribution in [0.5, 0.6) is 5.75 Å². The fourth-order valence-corrected chi connectivity index (χ4v) is 3.20. The van der Waals surface area contributed by atoms with Crippen molar-refractivity contribution in [3.63, 3.8) is 0 Å². The molecule has 0 aromatic heterocycles. The average molecular weight is 392 g/mol. The Morgan fingerprint density at radius 3 is 2.54 bits per heavy atom. The average Bonchev–Trinajstić information content (AvgIpc) is 2.48. The van der Waals surface area contributed by atoms with Gasteiger partial charge in [0.25, 0.3) is 5.91 Å². The molecule has 0 atom stereocenters. The summed E-state index contributed by atoms with van der Waals surface area (Å²) >= 11 is 3.43. The molecule has 2 aromatic rings. The van der Waals surface area contributed by atoms with Crippen molar-refractivity contribution in [3.05, 3.63) is 57.1 Å². The Morgan fingerprint density at radius 1 is 1.21 bits per heavy atom. The van der Waals surface area contributed by atoms with Gasteiger partial charge in [-0.1, -0.05) is 12.1 Å². The Morgan fingerprint density at radius 2 is 1.92 bits per heavy atom. The van der Waals surface area contributed by atoms with E-state index in [0.717, 1.165) is 15.6 Å². The third-order valence-electron chi connectivity index (χ3n) is 3.56. The highest BCUT2D eigenvalue weighted by Crippen LogP contribution is 2.30. The van der Waals surface area contributed by atoms with E-state index in [-0.39, 0.29) is 18.1 Å². The van der Waals surface area contributed by atoms with E-state index in [2.05, 4.69) is 21.2 Å². The van der Waals surface area contributed by atoms with Gasteiger partial charge >= 0.3 is 5.97 Å². The van der Waals surface area contributed by atoms with Gasteiger partial charge in [-0.15, -0.1) is 0 Å². The second-order valence-electron chi connectivity index (χ2n) is 5.51. The topological polar surface area (TPSA) is 75.6 Å². The number of hydrogen-bond donors (Lipinski definition) is 2. The molecule has 5 nitrogen and oxygen atoms in total. The molecule has 0 aliphatic carbocycles. The van der Waals surface area contributed by atoms with Crippen molar-refractivity contribution in [2.75, 3.05) is 11.9 Å². The van der Waals surface area contributed by atoms with Gasteiger partial charge in [0.1, 0.15) is 5.75 Å². The number of carboxylic acid groups (broad SMARTS) is 1. The van der Waals surface area contributed by atoms with Crippen LogP contribution in [0.4, 0.5) is 5.69 Å². The van der Waals surface area contributed by atoms with Crippen LogP contribution in [0.1, 0.15) is 27.0 Å². The van der Waals surface area contributed by atoms with Gasteiger partial charge in [-0.05, 0) is 71.6 Å². The molecule has 0 saturated heterocycles. The number of ether oxygens (including phenoxy) is 1. The first-order valence-electron chi connectivity index (χ1n) is 7.32. The van der Waals surface area contributed by atoms with E-state index >= 15 is 0 Å². The number of aromatic carboxylic acids is 1. The quantitative estimate of drug-likeness (QED) is 0.804. The number of carbonyl (C=O) groups excluding carboxylic acids is 1. The fraction of sp³-hybridized carbons (Fsp3) is 0.222. The van der Waals surface area contributed by atoms with Gasteiger partial charge in [0.15, 0.2) is 6.61 Å². The predicted molar refractivity (Wildman–Crippen MR) is 95.9 cm³/mol. The summed E-state index contributed by atoms with van der Waals surface area (Å²) in [5, 5.41) is 11.8. The first-order valence-corrected chi connectivity index (χ1v) is 8.11. The molecular formula is C18H18BrNO4. The van der Waals surface area contributed by atoms with Crippen LogP contribution >= 0.6 is 15.9 Å². The Labute approximate surface area is 148 Å². The lowest BCUT2D eigenvalue weighted by Gasteiger charge is -2.13. The highest BCUT2D eigenvalue weighted by atomic mass is 79.9. The first kappa shape index (κ1) is 18.0. The van der Waals surface area contributed by atoms with Crippen molar-refractivity contribution < 1.29 is 19.4 Å². The van der Waals surface area contributed by atoms with Gasteiger partial charge in [0.05, 0.1) is 10.0 Å². The highest BCUT2D eigenvalue weighted by molar-refractivity contribution is 9.10. The zero-order valence-corrected chi connectivity index (χ0v) is 15.2. The number of aryl methyl sites for hydroxylation is 2. The summed E-state index contributed by atoms with van der Waals surface area (Å²) in [7, 11) is 0. The van der Waals surface area contributed by atoms with Crippen molar-refractivity contribution in [1.82, 2.24) is 0 Å². The van der Waals surface area contributed by atoms with E-state index in [4.69, 9.17) is 9.84 Å². The minimum absolute atomic E-state index is 0.158. The van der Waals surface area contributed by atoms with E-state index in [1.54, 1.807) is 19.1 Å². The summed E-state index contributed by atoms with van der Waals surface area (Å²) in [6.45, 7) is 5.37. The van der Waals surface area contributed by atoms with Crippen LogP contribution < -0.4 is 10.1 Å². The number of nitrogens with one attached hydrogen (secondary N) is 1. The number of amides is 1. The summed E-state index contributed by atoms with van der Waals surface area (Å²) in [6, 6.07) is 8.64. The zero-order valence-electron chi connectivity index (χ0n) is 13.6. The molecule has 6 heteroatoms. The fourth-order valence-electron chi connectivity index (χ4n) is 2.41. The largest absolute Gasteiger partial charge is 0.482 e. The van der Waals surface area contributed by atoms with Crippen molar-refractivity contribution in [1.29, 1.82) is 0 Å². The second kappa shape index (κ2) is 7.49. The molecule has 0 unspecified atom stereocenters. The molecule has 2 aromatic carbocycles. The Hall–Kier alpha value is -2.34. The van der Waals surface area contributed by atoms with Gasteiger partial charge < -0.3 is 15.2 Å².